The summed E-state index contributed by atoms with van der Waals surface area (Å²) < 4.78 is 10.8. The lowest BCUT2D eigenvalue weighted by atomic mass is 10.2. The van der Waals surface area contributed by atoms with Gasteiger partial charge in [-0.2, -0.15) is 0 Å². The molecule has 0 bridgehead atoms. The summed E-state index contributed by atoms with van der Waals surface area (Å²) in [6.45, 7) is 4.31. The number of furan rings is 1. The molecule has 0 aliphatic heterocycles. The summed E-state index contributed by atoms with van der Waals surface area (Å²) >= 11 is 0. The smallest absolute Gasteiger partial charge is 0.270 e. The number of hydrogen-bond acceptors (Lipinski definition) is 5. The number of rotatable bonds is 7. The molecule has 1 aromatic carbocycles. The van der Waals surface area contributed by atoms with E-state index in [2.05, 4.69) is 15.6 Å². The van der Waals surface area contributed by atoms with Crippen molar-refractivity contribution in [3.8, 4) is 5.75 Å². The van der Waals surface area contributed by atoms with E-state index < -0.39 is 0 Å². The fourth-order valence-corrected chi connectivity index (χ4v) is 2.33. The third-order valence-electron chi connectivity index (χ3n) is 3.51. The summed E-state index contributed by atoms with van der Waals surface area (Å²) in [5.74, 6) is 1.27. The zero-order valence-electron chi connectivity index (χ0n) is 14.7. The van der Waals surface area contributed by atoms with Crippen LogP contribution in [-0.4, -0.2) is 17.0 Å². The zero-order valence-corrected chi connectivity index (χ0v) is 14.7. The Hall–Kier alpha value is -3.28. The van der Waals surface area contributed by atoms with Crippen LogP contribution in [0.5, 0.6) is 5.75 Å². The Morgan fingerprint density at radius 1 is 1.12 bits per heavy atom. The van der Waals surface area contributed by atoms with Crippen LogP contribution in [0.2, 0.25) is 0 Å². The number of anilines is 2. The standard InChI is InChI=1S/C20H21N3O3/c1-14(2)26-17-8-5-15(6-9-17)23-16-7-10-19(21-12-16)20(24)22-13-18-4-3-11-25-18/h3-12,14,23H,13H2,1-2H3,(H,22,24). The van der Waals surface area contributed by atoms with Crippen LogP contribution in [0.15, 0.2) is 65.4 Å². The molecular formula is C20H21N3O3. The first-order valence-corrected chi connectivity index (χ1v) is 8.40. The lowest BCUT2D eigenvalue weighted by Crippen LogP contribution is -2.23. The molecule has 134 valence electrons. The second-order valence-electron chi connectivity index (χ2n) is 6.01. The van der Waals surface area contributed by atoms with Crippen LogP contribution in [0.1, 0.15) is 30.1 Å². The van der Waals surface area contributed by atoms with Gasteiger partial charge in [-0.25, -0.2) is 4.98 Å². The molecule has 0 saturated heterocycles. The van der Waals surface area contributed by atoms with Gasteiger partial charge in [0.25, 0.3) is 5.91 Å². The fourth-order valence-electron chi connectivity index (χ4n) is 2.33. The molecule has 2 heterocycles. The lowest BCUT2D eigenvalue weighted by molar-refractivity contribution is 0.0943. The molecule has 0 fully saturated rings. The maximum absolute atomic E-state index is 12.1. The fraction of sp³-hybridized carbons (Fsp3) is 0.200. The number of benzene rings is 1. The molecule has 0 saturated carbocycles. The molecule has 2 aromatic heterocycles. The zero-order chi connectivity index (χ0) is 18.4. The van der Waals surface area contributed by atoms with E-state index in [-0.39, 0.29) is 12.0 Å². The average molecular weight is 351 g/mol. The van der Waals surface area contributed by atoms with Crippen LogP contribution in [0.3, 0.4) is 0 Å². The largest absolute Gasteiger partial charge is 0.491 e. The minimum Gasteiger partial charge on any atom is -0.491 e. The molecule has 6 nitrogen and oxygen atoms in total. The van der Waals surface area contributed by atoms with Crippen LogP contribution in [0.25, 0.3) is 0 Å². The molecule has 0 aliphatic rings. The predicted octanol–water partition coefficient (Wildman–Crippen LogP) is 4.14. The summed E-state index contributed by atoms with van der Waals surface area (Å²) in [6.07, 6.45) is 3.34. The van der Waals surface area contributed by atoms with Gasteiger partial charge in [-0.05, 0) is 62.4 Å². The van der Waals surface area contributed by atoms with Crippen LogP contribution < -0.4 is 15.4 Å². The molecule has 1 amide bonds. The van der Waals surface area contributed by atoms with Crippen molar-refractivity contribution in [2.24, 2.45) is 0 Å². The number of ether oxygens (including phenoxy) is 1. The third kappa shape index (κ3) is 4.86. The lowest BCUT2D eigenvalue weighted by Gasteiger charge is -2.11. The summed E-state index contributed by atoms with van der Waals surface area (Å²) in [6, 6.07) is 14.8. The summed E-state index contributed by atoms with van der Waals surface area (Å²) in [5, 5.41) is 6.00. The van der Waals surface area contributed by atoms with Gasteiger partial charge in [-0.3, -0.25) is 4.79 Å². The molecule has 0 atom stereocenters. The molecular weight excluding hydrogens is 330 g/mol. The molecule has 2 N–H and O–H groups in total. The highest BCUT2D eigenvalue weighted by molar-refractivity contribution is 5.92. The normalized spacial score (nSPS) is 10.6. The predicted molar refractivity (Wildman–Crippen MR) is 99.6 cm³/mol. The summed E-state index contributed by atoms with van der Waals surface area (Å²) in [5.41, 5.74) is 2.06. The Morgan fingerprint density at radius 2 is 1.88 bits per heavy atom. The topological polar surface area (TPSA) is 76.4 Å². The summed E-state index contributed by atoms with van der Waals surface area (Å²) in [7, 11) is 0. The van der Waals surface area contributed by atoms with Gasteiger partial charge in [0.15, 0.2) is 0 Å². The molecule has 0 radical (unpaired) electrons. The van der Waals surface area contributed by atoms with E-state index in [1.807, 2.05) is 44.2 Å². The van der Waals surface area contributed by atoms with Gasteiger partial charge >= 0.3 is 0 Å². The molecule has 6 heteroatoms. The first-order chi connectivity index (χ1) is 12.6. The minimum atomic E-state index is -0.247. The number of carbonyl (C=O) groups is 1. The Balaban J connectivity index is 1.56. The van der Waals surface area contributed by atoms with E-state index in [4.69, 9.17) is 9.15 Å². The van der Waals surface area contributed by atoms with Crippen molar-refractivity contribution in [1.82, 2.24) is 10.3 Å². The number of pyridine rings is 1. The van der Waals surface area contributed by atoms with Crippen LogP contribution in [0.4, 0.5) is 11.4 Å². The second-order valence-corrected chi connectivity index (χ2v) is 6.01. The van der Waals surface area contributed by atoms with Gasteiger partial charge in [0.1, 0.15) is 17.2 Å². The molecule has 0 aliphatic carbocycles. The van der Waals surface area contributed by atoms with Crippen LogP contribution >= 0.6 is 0 Å². The Labute approximate surface area is 152 Å². The van der Waals surface area contributed by atoms with E-state index in [0.717, 1.165) is 17.1 Å². The maximum atomic E-state index is 12.1. The van der Waals surface area contributed by atoms with Crippen molar-refractivity contribution >= 4 is 17.3 Å². The number of amides is 1. The number of carbonyl (C=O) groups excluding carboxylic acids is 1. The maximum Gasteiger partial charge on any atom is 0.270 e. The van der Waals surface area contributed by atoms with Gasteiger partial charge in [0, 0.05) is 5.69 Å². The third-order valence-corrected chi connectivity index (χ3v) is 3.51. The van der Waals surface area contributed by atoms with E-state index in [1.54, 1.807) is 30.7 Å². The van der Waals surface area contributed by atoms with Crippen LogP contribution in [0, 0.1) is 0 Å². The number of hydrogen-bond donors (Lipinski definition) is 2. The number of nitrogens with zero attached hydrogens (tertiary/aromatic N) is 1. The molecule has 0 unspecified atom stereocenters. The Morgan fingerprint density at radius 3 is 2.50 bits per heavy atom. The van der Waals surface area contributed by atoms with Crippen molar-refractivity contribution < 1.29 is 13.9 Å². The number of aromatic nitrogens is 1. The first kappa shape index (κ1) is 17.5. The molecule has 3 aromatic rings. The molecule has 26 heavy (non-hydrogen) atoms. The van der Waals surface area contributed by atoms with Gasteiger partial charge < -0.3 is 19.8 Å². The van der Waals surface area contributed by atoms with E-state index >= 15 is 0 Å². The minimum absolute atomic E-state index is 0.143. The molecule has 3 rings (SSSR count). The molecule has 0 spiro atoms. The van der Waals surface area contributed by atoms with Gasteiger partial charge in [0.05, 0.1) is 30.8 Å². The highest BCUT2D eigenvalue weighted by atomic mass is 16.5. The van der Waals surface area contributed by atoms with Crippen molar-refractivity contribution in [1.29, 1.82) is 0 Å². The first-order valence-electron chi connectivity index (χ1n) is 8.40. The van der Waals surface area contributed by atoms with E-state index in [0.29, 0.717) is 18.0 Å². The average Bonchev–Trinajstić information content (AvgIpc) is 3.15. The Bertz CT molecular complexity index is 826. The van der Waals surface area contributed by atoms with Crippen molar-refractivity contribution in [2.75, 3.05) is 5.32 Å². The monoisotopic (exact) mass is 351 g/mol. The van der Waals surface area contributed by atoms with Gasteiger partial charge in [-0.1, -0.05) is 0 Å². The van der Waals surface area contributed by atoms with Crippen LogP contribution in [-0.2, 0) is 6.54 Å². The number of nitrogens with one attached hydrogen (secondary N) is 2. The highest BCUT2D eigenvalue weighted by Gasteiger charge is 2.08. The van der Waals surface area contributed by atoms with Crippen molar-refractivity contribution in [2.45, 2.75) is 26.5 Å². The van der Waals surface area contributed by atoms with E-state index in [1.165, 1.54) is 0 Å². The van der Waals surface area contributed by atoms with E-state index in [9.17, 15) is 4.79 Å². The van der Waals surface area contributed by atoms with Crippen molar-refractivity contribution in [3.05, 3.63) is 72.4 Å². The Kier molecular flexibility index (Phi) is 5.53. The SMILES string of the molecule is CC(C)Oc1ccc(Nc2ccc(C(=O)NCc3ccco3)nc2)cc1. The second kappa shape index (κ2) is 8.20. The van der Waals surface area contributed by atoms with Gasteiger partial charge in [-0.15, -0.1) is 0 Å². The summed E-state index contributed by atoms with van der Waals surface area (Å²) in [4.78, 5) is 16.3. The quantitative estimate of drug-likeness (QED) is 0.669. The van der Waals surface area contributed by atoms with Crippen molar-refractivity contribution in [3.63, 3.8) is 0 Å². The van der Waals surface area contributed by atoms with Gasteiger partial charge in [0.2, 0.25) is 0 Å². The highest BCUT2D eigenvalue weighted by Crippen LogP contribution is 2.20.